The Morgan fingerprint density at radius 2 is 2.22 bits per heavy atom. The van der Waals surface area contributed by atoms with Crippen LogP contribution in [-0.2, 0) is 7.05 Å². The van der Waals surface area contributed by atoms with E-state index in [2.05, 4.69) is 32.1 Å². The number of pyridine rings is 1. The molecule has 3 aromatic heterocycles. The molecule has 4 rings (SSSR count). The van der Waals surface area contributed by atoms with E-state index in [4.69, 9.17) is 4.98 Å². The summed E-state index contributed by atoms with van der Waals surface area (Å²) in [7, 11) is 5.96. The maximum absolute atomic E-state index is 13.1. The molecule has 0 radical (unpaired) electrons. The number of rotatable bonds is 6. The van der Waals surface area contributed by atoms with E-state index in [1.807, 2.05) is 34.1 Å². The molecule has 0 unspecified atom stereocenters. The van der Waals surface area contributed by atoms with Gasteiger partial charge in [0.1, 0.15) is 0 Å². The third-order valence-corrected chi connectivity index (χ3v) is 5.94. The summed E-state index contributed by atoms with van der Waals surface area (Å²) in [5, 5.41) is 12.7. The number of hydrogen-bond donors (Lipinski definition) is 1. The second-order valence-electron chi connectivity index (χ2n) is 7.52. The van der Waals surface area contributed by atoms with Gasteiger partial charge in [-0.3, -0.25) is 9.48 Å². The van der Waals surface area contributed by atoms with Crippen LogP contribution >= 0.6 is 11.3 Å². The Hall–Kier alpha value is -2.25. The first-order chi connectivity index (χ1) is 13.0. The molecule has 1 N–H and O–H groups in total. The quantitative estimate of drug-likeness (QED) is 0.710. The minimum atomic E-state index is -0.0533. The number of carbonyl (C=O) groups excluding carboxylic acids is 1. The van der Waals surface area contributed by atoms with Crippen LogP contribution in [0, 0.1) is 6.92 Å². The van der Waals surface area contributed by atoms with Crippen molar-refractivity contribution >= 4 is 28.3 Å². The lowest BCUT2D eigenvalue weighted by Crippen LogP contribution is -2.34. The van der Waals surface area contributed by atoms with E-state index in [0.29, 0.717) is 18.0 Å². The minimum Gasteiger partial charge on any atom is -0.350 e. The standard InChI is InChI=1S/C20H25N5OS/c1-12-18-15(9-16(13-5-6-13)22-19(18)25(4)23-12)20(26)21-10-17(24(2)3)14-7-8-27-11-14/h7-9,11,13,17H,5-6,10H2,1-4H3,(H,21,26)/t17-/m0/s1. The minimum absolute atomic E-state index is 0.0533. The van der Waals surface area contributed by atoms with Crippen molar-refractivity contribution in [3.8, 4) is 0 Å². The molecule has 0 aliphatic heterocycles. The summed E-state index contributed by atoms with van der Waals surface area (Å²) in [5.41, 5.74) is 4.56. The fourth-order valence-corrected chi connectivity index (χ4v) is 4.29. The molecule has 3 heterocycles. The van der Waals surface area contributed by atoms with Crippen LogP contribution in [0.25, 0.3) is 11.0 Å². The average Bonchev–Trinajstić information content (AvgIpc) is 3.27. The predicted octanol–water partition coefficient (Wildman–Crippen LogP) is 3.25. The summed E-state index contributed by atoms with van der Waals surface area (Å²) >= 11 is 1.68. The van der Waals surface area contributed by atoms with Crippen LogP contribution in [0.2, 0.25) is 0 Å². The van der Waals surface area contributed by atoms with Gasteiger partial charge in [-0.25, -0.2) is 4.98 Å². The molecule has 1 amide bonds. The van der Waals surface area contributed by atoms with Crippen molar-refractivity contribution in [3.63, 3.8) is 0 Å². The number of amides is 1. The number of aromatic nitrogens is 3. The number of thiophene rings is 1. The number of hydrogen-bond acceptors (Lipinski definition) is 5. The number of nitrogens with zero attached hydrogens (tertiary/aromatic N) is 4. The molecular formula is C20H25N5OS. The van der Waals surface area contributed by atoms with Crippen molar-refractivity contribution in [2.24, 2.45) is 7.05 Å². The first-order valence-electron chi connectivity index (χ1n) is 9.26. The van der Waals surface area contributed by atoms with Crippen LogP contribution in [0.3, 0.4) is 0 Å². The molecule has 1 atom stereocenters. The summed E-state index contributed by atoms with van der Waals surface area (Å²) in [4.78, 5) is 20.0. The predicted molar refractivity (Wildman–Crippen MR) is 108 cm³/mol. The second kappa shape index (κ2) is 7.05. The van der Waals surface area contributed by atoms with Crippen molar-refractivity contribution in [1.82, 2.24) is 25.0 Å². The maximum atomic E-state index is 13.1. The Bertz CT molecular complexity index is 972. The third-order valence-electron chi connectivity index (χ3n) is 5.24. The topological polar surface area (TPSA) is 63.1 Å². The molecular weight excluding hydrogens is 358 g/mol. The van der Waals surface area contributed by atoms with Gasteiger partial charge in [-0.1, -0.05) is 0 Å². The van der Waals surface area contributed by atoms with Gasteiger partial charge in [-0.05, 0) is 62.3 Å². The monoisotopic (exact) mass is 383 g/mol. The smallest absolute Gasteiger partial charge is 0.252 e. The van der Waals surface area contributed by atoms with Crippen LogP contribution in [-0.4, -0.2) is 46.2 Å². The summed E-state index contributed by atoms with van der Waals surface area (Å²) in [6.45, 7) is 2.50. The van der Waals surface area contributed by atoms with Gasteiger partial charge in [0.2, 0.25) is 0 Å². The zero-order valence-electron chi connectivity index (χ0n) is 16.2. The molecule has 1 aliphatic carbocycles. The Morgan fingerprint density at radius 3 is 2.85 bits per heavy atom. The van der Waals surface area contributed by atoms with Crippen LogP contribution in [0.5, 0.6) is 0 Å². The molecule has 1 fully saturated rings. The lowest BCUT2D eigenvalue weighted by molar-refractivity contribution is 0.0943. The molecule has 6 nitrogen and oxygen atoms in total. The van der Waals surface area contributed by atoms with E-state index in [1.54, 1.807) is 16.0 Å². The number of nitrogens with one attached hydrogen (secondary N) is 1. The number of aryl methyl sites for hydroxylation is 2. The summed E-state index contributed by atoms with van der Waals surface area (Å²) in [5.74, 6) is 0.430. The molecule has 7 heteroatoms. The molecule has 27 heavy (non-hydrogen) atoms. The van der Waals surface area contributed by atoms with E-state index >= 15 is 0 Å². The van der Waals surface area contributed by atoms with Crippen LogP contribution in [0.1, 0.15) is 52.1 Å². The largest absolute Gasteiger partial charge is 0.350 e. The summed E-state index contributed by atoms with van der Waals surface area (Å²) < 4.78 is 1.78. The van der Waals surface area contributed by atoms with Gasteiger partial charge in [0, 0.05) is 25.2 Å². The number of carbonyl (C=O) groups is 1. The van der Waals surface area contributed by atoms with Crippen molar-refractivity contribution in [3.05, 3.63) is 45.4 Å². The molecule has 0 saturated heterocycles. The highest BCUT2D eigenvalue weighted by molar-refractivity contribution is 7.07. The highest BCUT2D eigenvalue weighted by Gasteiger charge is 2.28. The molecule has 0 bridgehead atoms. The van der Waals surface area contributed by atoms with Gasteiger partial charge in [0.05, 0.1) is 22.7 Å². The van der Waals surface area contributed by atoms with Crippen molar-refractivity contribution in [2.45, 2.75) is 31.7 Å². The number of likely N-dealkylation sites (N-methyl/N-ethyl adjacent to an activating group) is 1. The van der Waals surface area contributed by atoms with E-state index in [9.17, 15) is 4.79 Å². The third kappa shape index (κ3) is 3.49. The molecule has 0 aromatic carbocycles. The van der Waals surface area contributed by atoms with E-state index < -0.39 is 0 Å². The van der Waals surface area contributed by atoms with Crippen LogP contribution in [0.4, 0.5) is 0 Å². The highest BCUT2D eigenvalue weighted by Crippen LogP contribution is 2.40. The summed E-state index contributed by atoms with van der Waals surface area (Å²) in [6, 6.07) is 4.23. The van der Waals surface area contributed by atoms with Gasteiger partial charge in [0.15, 0.2) is 5.65 Å². The van der Waals surface area contributed by atoms with Gasteiger partial charge >= 0.3 is 0 Å². The molecule has 3 aromatic rings. The summed E-state index contributed by atoms with van der Waals surface area (Å²) in [6.07, 6.45) is 2.30. The Morgan fingerprint density at radius 1 is 1.44 bits per heavy atom. The zero-order chi connectivity index (χ0) is 19.1. The first-order valence-corrected chi connectivity index (χ1v) is 10.2. The highest BCUT2D eigenvalue weighted by atomic mass is 32.1. The van der Waals surface area contributed by atoms with E-state index in [-0.39, 0.29) is 11.9 Å². The maximum Gasteiger partial charge on any atom is 0.252 e. The lowest BCUT2D eigenvalue weighted by atomic mass is 10.1. The Kier molecular flexibility index (Phi) is 4.74. The molecule has 1 aliphatic rings. The van der Waals surface area contributed by atoms with Crippen LogP contribution < -0.4 is 5.32 Å². The van der Waals surface area contributed by atoms with Crippen molar-refractivity contribution < 1.29 is 4.79 Å². The first kappa shape index (κ1) is 18.1. The Balaban J connectivity index is 1.64. The fraction of sp³-hybridized carbons (Fsp3) is 0.450. The van der Waals surface area contributed by atoms with Crippen molar-refractivity contribution in [1.29, 1.82) is 0 Å². The second-order valence-corrected chi connectivity index (χ2v) is 8.30. The van der Waals surface area contributed by atoms with Gasteiger partial charge in [-0.2, -0.15) is 16.4 Å². The lowest BCUT2D eigenvalue weighted by Gasteiger charge is -2.24. The van der Waals surface area contributed by atoms with Gasteiger partial charge < -0.3 is 10.2 Å². The molecule has 142 valence electrons. The normalized spacial score (nSPS) is 15.4. The van der Waals surface area contributed by atoms with E-state index in [1.165, 1.54) is 5.56 Å². The van der Waals surface area contributed by atoms with Crippen molar-refractivity contribution in [2.75, 3.05) is 20.6 Å². The fourth-order valence-electron chi connectivity index (χ4n) is 3.58. The molecule has 1 saturated carbocycles. The Labute approximate surface area is 163 Å². The van der Waals surface area contributed by atoms with Gasteiger partial charge in [-0.15, -0.1) is 0 Å². The van der Waals surface area contributed by atoms with E-state index in [0.717, 1.165) is 35.3 Å². The van der Waals surface area contributed by atoms with Gasteiger partial charge in [0.25, 0.3) is 5.91 Å². The molecule has 0 spiro atoms. The zero-order valence-corrected chi connectivity index (χ0v) is 17.0. The number of fused-ring (bicyclic) bond motifs is 1. The van der Waals surface area contributed by atoms with Crippen LogP contribution in [0.15, 0.2) is 22.9 Å². The SMILES string of the molecule is Cc1nn(C)c2nc(C3CC3)cc(C(=O)NC[C@@H](c3ccsc3)N(C)C)c12. The average molecular weight is 384 g/mol.